The fourth-order valence-corrected chi connectivity index (χ4v) is 1.40. The van der Waals surface area contributed by atoms with E-state index in [9.17, 15) is 9.18 Å². The highest BCUT2D eigenvalue weighted by atomic mass is 19.1. The van der Waals surface area contributed by atoms with E-state index in [1.54, 1.807) is 0 Å². The minimum Gasteiger partial charge on any atom is -0.493 e. The van der Waals surface area contributed by atoms with E-state index in [4.69, 9.17) is 10.5 Å². The first-order chi connectivity index (χ1) is 8.11. The molecule has 1 heterocycles. The third kappa shape index (κ3) is 2.10. The van der Waals surface area contributed by atoms with E-state index in [2.05, 4.69) is 5.10 Å². The number of rotatable bonds is 3. The van der Waals surface area contributed by atoms with Gasteiger partial charge in [-0.3, -0.25) is 4.79 Å². The summed E-state index contributed by atoms with van der Waals surface area (Å²) < 4.78 is 19.1. The molecule has 0 bridgehead atoms. The van der Waals surface area contributed by atoms with Crippen molar-refractivity contribution in [2.75, 3.05) is 7.11 Å². The Morgan fingerprint density at radius 1 is 1.41 bits per heavy atom. The Morgan fingerprint density at radius 3 is 2.53 bits per heavy atom. The van der Waals surface area contributed by atoms with Gasteiger partial charge in [-0.1, -0.05) is 0 Å². The molecule has 1 aromatic heterocycles. The molecule has 0 spiro atoms. The number of benzene rings is 1. The van der Waals surface area contributed by atoms with E-state index in [0.717, 1.165) is 0 Å². The fraction of sp³-hybridized carbons (Fsp3) is 0.0909. The number of methoxy groups -OCH3 is 1. The smallest absolute Gasteiger partial charge is 0.273 e. The number of carbonyl (C=O) groups excluding carboxylic acids is 1. The summed E-state index contributed by atoms with van der Waals surface area (Å²) in [5.41, 5.74) is 5.80. The zero-order chi connectivity index (χ0) is 12.4. The van der Waals surface area contributed by atoms with Gasteiger partial charge in [0.05, 0.1) is 19.0 Å². The van der Waals surface area contributed by atoms with Crippen LogP contribution in [0.25, 0.3) is 5.69 Å². The lowest BCUT2D eigenvalue weighted by atomic mass is 10.3. The second-order valence-electron chi connectivity index (χ2n) is 3.33. The molecule has 5 nitrogen and oxygen atoms in total. The lowest BCUT2D eigenvalue weighted by Crippen LogP contribution is -2.13. The molecule has 17 heavy (non-hydrogen) atoms. The summed E-state index contributed by atoms with van der Waals surface area (Å²) in [6.45, 7) is 0. The van der Waals surface area contributed by atoms with Gasteiger partial charge in [-0.2, -0.15) is 5.10 Å². The number of nitrogens with zero attached hydrogens (tertiary/aromatic N) is 2. The van der Waals surface area contributed by atoms with Gasteiger partial charge in [0.25, 0.3) is 5.91 Å². The quantitative estimate of drug-likeness (QED) is 0.866. The van der Waals surface area contributed by atoms with Gasteiger partial charge >= 0.3 is 0 Å². The van der Waals surface area contributed by atoms with Gasteiger partial charge in [-0.15, -0.1) is 0 Å². The van der Waals surface area contributed by atoms with Crippen molar-refractivity contribution >= 4 is 5.91 Å². The number of hydrogen-bond acceptors (Lipinski definition) is 3. The van der Waals surface area contributed by atoms with Crippen LogP contribution in [-0.4, -0.2) is 22.8 Å². The number of carbonyl (C=O) groups is 1. The number of hydrogen-bond donors (Lipinski definition) is 1. The molecule has 1 amide bonds. The van der Waals surface area contributed by atoms with Crippen molar-refractivity contribution < 1.29 is 13.9 Å². The van der Waals surface area contributed by atoms with Gasteiger partial charge in [0, 0.05) is 0 Å². The Bertz CT molecular complexity index is 548. The van der Waals surface area contributed by atoms with Crippen molar-refractivity contribution in [1.29, 1.82) is 0 Å². The Morgan fingerprint density at radius 2 is 2.06 bits per heavy atom. The molecule has 0 saturated carbocycles. The Hall–Kier alpha value is -2.37. The largest absolute Gasteiger partial charge is 0.493 e. The summed E-state index contributed by atoms with van der Waals surface area (Å²) in [7, 11) is 1.42. The van der Waals surface area contributed by atoms with Crippen LogP contribution < -0.4 is 10.5 Å². The van der Waals surface area contributed by atoms with Crippen molar-refractivity contribution in [3.63, 3.8) is 0 Å². The molecule has 2 rings (SSSR count). The van der Waals surface area contributed by atoms with Crippen molar-refractivity contribution in [2.24, 2.45) is 5.73 Å². The maximum atomic E-state index is 12.8. The average molecular weight is 235 g/mol. The summed E-state index contributed by atoms with van der Waals surface area (Å²) in [5.74, 6) is -0.743. The predicted molar refractivity (Wildman–Crippen MR) is 58.6 cm³/mol. The van der Waals surface area contributed by atoms with Gasteiger partial charge < -0.3 is 10.5 Å². The van der Waals surface area contributed by atoms with Gasteiger partial charge in [0.15, 0.2) is 11.4 Å². The molecule has 2 aromatic rings. The SMILES string of the molecule is COc1cn(-c2ccc(F)cc2)nc1C(N)=O. The van der Waals surface area contributed by atoms with Crippen molar-refractivity contribution in [3.05, 3.63) is 42.0 Å². The van der Waals surface area contributed by atoms with E-state index in [-0.39, 0.29) is 17.3 Å². The molecule has 6 heteroatoms. The molecule has 0 atom stereocenters. The highest BCUT2D eigenvalue weighted by molar-refractivity contribution is 5.93. The highest BCUT2D eigenvalue weighted by Gasteiger charge is 2.15. The van der Waals surface area contributed by atoms with E-state index in [1.165, 1.54) is 42.3 Å². The third-order valence-electron chi connectivity index (χ3n) is 2.23. The zero-order valence-electron chi connectivity index (χ0n) is 9.05. The average Bonchev–Trinajstić information content (AvgIpc) is 2.74. The number of nitrogens with two attached hydrogens (primary N) is 1. The number of aromatic nitrogens is 2. The summed E-state index contributed by atoms with van der Waals surface area (Å²) in [5, 5.41) is 3.98. The van der Waals surface area contributed by atoms with Crippen LogP contribution in [0.4, 0.5) is 4.39 Å². The lowest BCUT2D eigenvalue weighted by molar-refractivity contribution is 0.0992. The second-order valence-corrected chi connectivity index (χ2v) is 3.33. The number of ether oxygens (including phenoxy) is 1. The lowest BCUT2D eigenvalue weighted by Gasteiger charge is -1.99. The van der Waals surface area contributed by atoms with Crippen LogP contribution in [0.1, 0.15) is 10.5 Å². The van der Waals surface area contributed by atoms with Crippen molar-refractivity contribution in [1.82, 2.24) is 9.78 Å². The van der Waals surface area contributed by atoms with Gasteiger partial charge in [-0.25, -0.2) is 9.07 Å². The minimum atomic E-state index is -0.678. The number of amides is 1. The molecule has 0 aliphatic carbocycles. The molecule has 0 radical (unpaired) electrons. The summed E-state index contributed by atoms with van der Waals surface area (Å²) >= 11 is 0. The molecule has 2 N–H and O–H groups in total. The molecular weight excluding hydrogens is 225 g/mol. The molecule has 0 aliphatic heterocycles. The van der Waals surface area contributed by atoms with Crippen LogP contribution in [0, 0.1) is 5.82 Å². The van der Waals surface area contributed by atoms with Crippen LogP contribution in [-0.2, 0) is 0 Å². The van der Waals surface area contributed by atoms with E-state index in [0.29, 0.717) is 5.69 Å². The summed E-state index contributed by atoms with van der Waals surface area (Å²) in [4.78, 5) is 11.1. The van der Waals surface area contributed by atoms with Crippen LogP contribution in [0.5, 0.6) is 5.75 Å². The van der Waals surface area contributed by atoms with E-state index >= 15 is 0 Å². The van der Waals surface area contributed by atoms with Gasteiger partial charge in [0.1, 0.15) is 5.82 Å². The molecule has 1 aromatic carbocycles. The Kier molecular flexibility index (Phi) is 2.78. The number of primary amides is 1. The molecular formula is C11H10FN3O2. The van der Waals surface area contributed by atoms with Crippen LogP contribution in [0.15, 0.2) is 30.5 Å². The minimum absolute atomic E-state index is 0.0387. The first-order valence-corrected chi connectivity index (χ1v) is 4.81. The molecule has 0 saturated heterocycles. The van der Waals surface area contributed by atoms with E-state index < -0.39 is 5.91 Å². The fourth-order valence-electron chi connectivity index (χ4n) is 1.40. The zero-order valence-corrected chi connectivity index (χ0v) is 9.05. The normalized spacial score (nSPS) is 10.2. The first-order valence-electron chi connectivity index (χ1n) is 4.81. The second kappa shape index (κ2) is 4.25. The summed E-state index contributed by atoms with van der Waals surface area (Å²) in [6, 6.07) is 5.67. The first kappa shape index (κ1) is 11.1. The Labute approximate surface area is 96.6 Å². The van der Waals surface area contributed by atoms with E-state index in [1.807, 2.05) is 0 Å². The topological polar surface area (TPSA) is 70.1 Å². The predicted octanol–water partition coefficient (Wildman–Crippen LogP) is 1.12. The monoisotopic (exact) mass is 235 g/mol. The molecule has 88 valence electrons. The third-order valence-corrected chi connectivity index (χ3v) is 2.23. The van der Waals surface area contributed by atoms with Gasteiger partial charge in [-0.05, 0) is 24.3 Å². The van der Waals surface area contributed by atoms with Crippen LogP contribution >= 0.6 is 0 Å². The van der Waals surface area contributed by atoms with Crippen LogP contribution in [0.2, 0.25) is 0 Å². The van der Waals surface area contributed by atoms with Crippen molar-refractivity contribution in [2.45, 2.75) is 0 Å². The molecule has 0 unspecified atom stereocenters. The maximum Gasteiger partial charge on any atom is 0.273 e. The van der Waals surface area contributed by atoms with Crippen LogP contribution in [0.3, 0.4) is 0 Å². The summed E-state index contributed by atoms with van der Waals surface area (Å²) in [6.07, 6.45) is 1.51. The standard InChI is InChI=1S/C11H10FN3O2/c1-17-9-6-15(14-10(9)11(13)16)8-4-2-7(12)3-5-8/h2-6H,1H3,(H2,13,16). The van der Waals surface area contributed by atoms with Gasteiger partial charge in [0.2, 0.25) is 0 Å². The van der Waals surface area contributed by atoms with Crippen molar-refractivity contribution in [3.8, 4) is 11.4 Å². The highest BCUT2D eigenvalue weighted by Crippen LogP contribution is 2.18. The molecule has 0 aliphatic rings. The molecule has 0 fully saturated rings. The Balaban J connectivity index is 2.46. The maximum absolute atomic E-state index is 12.8. The number of halogens is 1.